The summed E-state index contributed by atoms with van der Waals surface area (Å²) in [4.78, 5) is 41.4. The van der Waals surface area contributed by atoms with Gasteiger partial charge in [-0.3, -0.25) is 14.4 Å². The Kier molecular flexibility index (Phi) is 9.50. The lowest BCUT2D eigenvalue weighted by Gasteiger charge is -2.33. The van der Waals surface area contributed by atoms with Gasteiger partial charge in [0.1, 0.15) is 11.8 Å². The number of aliphatic hydroxyl groups excluding tert-OH is 1. The first-order chi connectivity index (χ1) is 19.2. The van der Waals surface area contributed by atoms with Gasteiger partial charge in [-0.25, -0.2) is 0 Å². The lowest BCUT2D eigenvalue weighted by atomic mass is 9.97. The van der Waals surface area contributed by atoms with Crippen LogP contribution < -0.4 is 10.6 Å². The lowest BCUT2D eigenvalue weighted by molar-refractivity contribution is -0.147. The Morgan fingerprint density at radius 1 is 1.10 bits per heavy atom. The summed E-state index contributed by atoms with van der Waals surface area (Å²) in [6.07, 6.45) is 2.97. The van der Waals surface area contributed by atoms with Crippen molar-refractivity contribution in [3.63, 3.8) is 0 Å². The van der Waals surface area contributed by atoms with Crippen LogP contribution in [0, 0.1) is 6.92 Å². The normalized spacial score (nSPS) is 17.9. The predicted octanol–water partition coefficient (Wildman–Crippen LogP) is 3.69. The summed E-state index contributed by atoms with van der Waals surface area (Å²) in [7, 11) is 0. The molecule has 9 heteroatoms. The van der Waals surface area contributed by atoms with Crippen LogP contribution in [0.3, 0.4) is 0 Å². The third-order valence-corrected chi connectivity index (χ3v) is 8.37. The fourth-order valence-electron chi connectivity index (χ4n) is 4.73. The first kappa shape index (κ1) is 29.2. The molecule has 1 saturated heterocycles. The highest BCUT2D eigenvalue weighted by molar-refractivity contribution is 8.00. The monoisotopic (exact) mass is 561 g/mol. The minimum absolute atomic E-state index is 0.225. The van der Waals surface area contributed by atoms with Crippen LogP contribution in [0.15, 0.2) is 83.5 Å². The van der Waals surface area contributed by atoms with Crippen molar-refractivity contribution in [2.45, 2.75) is 56.7 Å². The third-order valence-electron chi connectivity index (χ3n) is 6.99. The molecule has 1 fully saturated rings. The number of benzene rings is 2. The van der Waals surface area contributed by atoms with E-state index in [1.165, 1.54) is 35.1 Å². The minimum atomic E-state index is -1.57. The van der Waals surface area contributed by atoms with Crippen LogP contribution in [0.1, 0.15) is 36.3 Å². The summed E-state index contributed by atoms with van der Waals surface area (Å²) in [5.41, 5.74) is 2.90. The second-order valence-corrected chi connectivity index (χ2v) is 11.9. The van der Waals surface area contributed by atoms with Gasteiger partial charge in [0, 0.05) is 17.4 Å². The Morgan fingerprint density at radius 2 is 1.82 bits per heavy atom. The minimum Gasteiger partial charge on any atom is -0.465 e. The Morgan fingerprint density at radius 3 is 2.52 bits per heavy atom. The van der Waals surface area contributed by atoms with Crippen LogP contribution >= 0.6 is 11.8 Å². The molecule has 0 radical (unpaired) electrons. The van der Waals surface area contributed by atoms with Crippen LogP contribution in [0.4, 0.5) is 0 Å². The molecule has 4 rings (SSSR count). The molecule has 0 bridgehead atoms. The number of nitrogens with one attached hydrogen (secondary N) is 2. The molecule has 0 spiro atoms. The molecule has 2 aromatic carbocycles. The number of aryl methyl sites for hydroxylation is 1. The van der Waals surface area contributed by atoms with E-state index in [2.05, 4.69) is 10.6 Å². The van der Waals surface area contributed by atoms with Crippen molar-refractivity contribution >= 4 is 35.6 Å². The van der Waals surface area contributed by atoms with Crippen LogP contribution in [-0.2, 0) is 27.3 Å². The molecule has 8 nitrogen and oxygen atoms in total. The van der Waals surface area contributed by atoms with Crippen molar-refractivity contribution in [2.24, 2.45) is 0 Å². The zero-order valence-corrected chi connectivity index (χ0v) is 23.7. The molecule has 3 N–H and O–H groups in total. The highest BCUT2D eigenvalue weighted by Crippen LogP contribution is 2.40. The van der Waals surface area contributed by atoms with Gasteiger partial charge in [-0.1, -0.05) is 54.6 Å². The number of nitrogens with zero attached hydrogens (tertiary/aromatic N) is 1. The maximum absolute atomic E-state index is 13.7. The largest absolute Gasteiger partial charge is 0.465 e. The van der Waals surface area contributed by atoms with E-state index in [4.69, 9.17) is 4.42 Å². The number of thioether (sulfide) groups is 1. The smallest absolute Gasteiger partial charge is 0.254 e. The number of hydrogen-bond acceptors (Lipinski definition) is 6. The summed E-state index contributed by atoms with van der Waals surface area (Å²) in [6, 6.07) is 18.8. The summed E-state index contributed by atoms with van der Waals surface area (Å²) < 4.78 is 4.65. The molecule has 40 heavy (non-hydrogen) atoms. The molecule has 3 unspecified atom stereocenters. The molecule has 0 aliphatic carbocycles. The zero-order valence-electron chi connectivity index (χ0n) is 22.9. The number of rotatable bonds is 10. The maximum atomic E-state index is 13.7. The van der Waals surface area contributed by atoms with E-state index in [-0.39, 0.29) is 18.2 Å². The molecule has 2 heterocycles. The van der Waals surface area contributed by atoms with Crippen molar-refractivity contribution in [3.05, 3.63) is 102 Å². The van der Waals surface area contributed by atoms with Crippen LogP contribution in [0.5, 0.6) is 0 Å². The highest BCUT2D eigenvalue weighted by atomic mass is 32.2. The van der Waals surface area contributed by atoms with Gasteiger partial charge in [0.2, 0.25) is 11.8 Å². The fourth-order valence-corrected chi connectivity index (χ4v) is 5.87. The Bertz CT molecular complexity index is 1340. The third kappa shape index (κ3) is 7.22. The van der Waals surface area contributed by atoms with Gasteiger partial charge in [-0.15, -0.1) is 11.8 Å². The van der Waals surface area contributed by atoms with E-state index in [1.54, 1.807) is 12.1 Å². The molecule has 3 amide bonds. The van der Waals surface area contributed by atoms with Gasteiger partial charge in [0.05, 0.1) is 18.2 Å². The van der Waals surface area contributed by atoms with Gasteiger partial charge >= 0.3 is 0 Å². The summed E-state index contributed by atoms with van der Waals surface area (Å²) in [5, 5.41) is 17.1. The van der Waals surface area contributed by atoms with E-state index in [0.29, 0.717) is 12.3 Å². The highest BCUT2D eigenvalue weighted by Gasteiger charge is 2.49. The Labute approximate surface area is 238 Å². The van der Waals surface area contributed by atoms with Gasteiger partial charge < -0.3 is 25.1 Å². The standard InChI is InChI=1S/C31H35N3O5S/c1-21-10-7-8-13-23(21)19-32-29(37)28-31(2,3)40-20-34(28)30(38)27(36)25(18-22-11-5-4-6-12-22)33-26(35)16-15-24-14-9-17-39-24/h4-17,25,27-28,36H,18-20H2,1-3H3,(H,32,37)(H,33,35)/b16-15+. The van der Waals surface area contributed by atoms with E-state index in [0.717, 1.165) is 16.7 Å². The van der Waals surface area contributed by atoms with Gasteiger partial charge in [0.15, 0.2) is 6.10 Å². The average Bonchev–Trinajstić information content (AvgIpc) is 3.58. The second-order valence-electron chi connectivity index (χ2n) is 10.3. The van der Waals surface area contributed by atoms with E-state index in [9.17, 15) is 19.5 Å². The van der Waals surface area contributed by atoms with Crippen molar-refractivity contribution < 1.29 is 23.9 Å². The molecule has 3 atom stereocenters. The maximum Gasteiger partial charge on any atom is 0.254 e. The Hall–Kier alpha value is -3.82. The molecule has 0 saturated carbocycles. The van der Waals surface area contributed by atoms with Crippen LogP contribution in [0.25, 0.3) is 6.08 Å². The zero-order chi connectivity index (χ0) is 28.7. The predicted molar refractivity (Wildman–Crippen MR) is 156 cm³/mol. The number of carbonyl (C=O) groups excluding carboxylic acids is 3. The van der Waals surface area contributed by atoms with Crippen molar-refractivity contribution in [3.8, 4) is 0 Å². The van der Waals surface area contributed by atoms with E-state index >= 15 is 0 Å². The van der Waals surface area contributed by atoms with Crippen molar-refractivity contribution in [1.82, 2.24) is 15.5 Å². The second kappa shape index (κ2) is 13.0. The Balaban J connectivity index is 1.50. The van der Waals surface area contributed by atoms with Crippen molar-refractivity contribution in [2.75, 3.05) is 5.88 Å². The van der Waals surface area contributed by atoms with Gasteiger partial charge in [-0.05, 0) is 62.1 Å². The molecule has 210 valence electrons. The van der Waals surface area contributed by atoms with Crippen molar-refractivity contribution in [1.29, 1.82) is 0 Å². The SMILES string of the molecule is Cc1ccccc1CNC(=O)C1N(C(=O)C(O)C(Cc2ccccc2)NC(=O)/C=C/c2ccco2)CSC1(C)C. The van der Waals surface area contributed by atoms with Crippen LogP contribution in [0.2, 0.25) is 0 Å². The number of amides is 3. The molecule has 1 aliphatic rings. The molecule has 1 aliphatic heterocycles. The number of furan rings is 1. The topological polar surface area (TPSA) is 112 Å². The molecule has 1 aromatic heterocycles. The van der Waals surface area contributed by atoms with E-state index < -0.39 is 34.7 Å². The quantitative estimate of drug-likeness (QED) is 0.326. The summed E-state index contributed by atoms with van der Waals surface area (Å²) in [6.45, 7) is 6.14. The van der Waals surface area contributed by atoms with Crippen LogP contribution in [-0.4, -0.2) is 56.5 Å². The molecular formula is C31H35N3O5S. The average molecular weight is 562 g/mol. The number of aliphatic hydroxyl groups is 1. The molecular weight excluding hydrogens is 526 g/mol. The summed E-state index contributed by atoms with van der Waals surface area (Å²) >= 11 is 1.48. The fraction of sp³-hybridized carbons (Fsp3) is 0.323. The number of hydrogen-bond donors (Lipinski definition) is 3. The van der Waals surface area contributed by atoms with Gasteiger partial charge in [-0.2, -0.15) is 0 Å². The lowest BCUT2D eigenvalue weighted by Crippen LogP contribution is -2.58. The number of carbonyl (C=O) groups is 3. The van der Waals surface area contributed by atoms with E-state index in [1.807, 2.05) is 75.4 Å². The molecule has 3 aromatic rings. The van der Waals surface area contributed by atoms with Gasteiger partial charge in [0.25, 0.3) is 5.91 Å². The first-order valence-corrected chi connectivity index (χ1v) is 14.1. The first-order valence-electron chi connectivity index (χ1n) is 13.2. The summed E-state index contributed by atoms with van der Waals surface area (Å²) in [5.74, 6) is -0.625.